The summed E-state index contributed by atoms with van der Waals surface area (Å²) in [5, 5.41) is 10.8. The third-order valence-corrected chi connectivity index (χ3v) is 2.51. The highest BCUT2D eigenvalue weighted by Gasteiger charge is 2.13. The van der Waals surface area contributed by atoms with Crippen molar-refractivity contribution in [3.8, 4) is 0 Å². The quantitative estimate of drug-likeness (QED) is 0.356. The van der Waals surface area contributed by atoms with E-state index in [2.05, 4.69) is 0 Å². The minimum absolute atomic E-state index is 0.0420. The van der Waals surface area contributed by atoms with E-state index < -0.39 is 10.9 Å². The van der Waals surface area contributed by atoms with Crippen molar-refractivity contribution in [3.05, 3.63) is 45.0 Å². The van der Waals surface area contributed by atoms with Gasteiger partial charge in [0.05, 0.1) is 11.5 Å². The number of nitro groups is 1. The first kappa shape index (κ1) is 13.9. The third-order valence-electron chi connectivity index (χ3n) is 2.51. The molecule has 0 aliphatic carbocycles. The Labute approximate surface area is 105 Å². The van der Waals surface area contributed by atoms with E-state index in [1.165, 1.54) is 6.07 Å². The maximum Gasteiger partial charge on any atom is 0.333 e. The van der Waals surface area contributed by atoms with Gasteiger partial charge in [-0.1, -0.05) is 12.1 Å². The molecule has 5 heteroatoms. The molecule has 0 aliphatic rings. The maximum atomic E-state index is 11.5. The lowest BCUT2D eigenvalue weighted by Crippen LogP contribution is -2.05. The number of nitrogens with zero attached hydrogens (tertiary/aromatic N) is 1. The van der Waals surface area contributed by atoms with Gasteiger partial charge in [-0.25, -0.2) is 4.79 Å². The van der Waals surface area contributed by atoms with Gasteiger partial charge < -0.3 is 4.74 Å². The number of hydrogen-bond donors (Lipinski definition) is 0. The van der Waals surface area contributed by atoms with Gasteiger partial charge in [-0.15, -0.1) is 0 Å². The number of rotatable bonds is 4. The standard InChI is InChI=1S/C13H15NO4/c1-4-18-13(15)9(2)8-11-6-5-7-12(10(11)3)14(16)17/h5-8H,4H2,1-3H3/b9-8+. The number of benzene rings is 1. The predicted molar refractivity (Wildman–Crippen MR) is 68.1 cm³/mol. The van der Waals surface area contributed by atoms with Crippen LogP contribution in [0.15, 0.2) is 23.8 Å². The fourth-order valence-electron chi connectivity index (χ4n) is 1.53. The minimum atomic E-state index is -0.438. The molecule has 1 aromatic carbocycles. The highest BCUT2D eigenvalue weighted by atomic mass is 16.6. The van der Waals surface area contributed by atoms with Crippen molar-refractivity contribution < 1.29 is 14.5 Å². The second kappa shape index (κ2) is 5.95. The van der Waals surface area contributed by atoms with Crippen LogP contribution in [0, 0.1) is 17.0 Å². The zero-order chi connectivity index (χ0) is 13.7. The average molecular weight is 249 g/mol. The Kier molecular flexibility index (Phi) is 4.59. The van der Waals surface area contributed by atoms with Crippen molar-refractivity contribution in [2.24, 2.45) is 0 Å². The van der Waals surface area contributed by atoms with Crippen LogP contribution in [0.5, 0.6) is 0 Å². The van der Waals surface area contributed by atoms with Crippen LogP contribution in [0.4, 0.5) is 5.69 Å². The SMILES string of the molecule is CCOC(=O)/C(C)=C/c1cccc([N+](=O)[O-])c1C. The van der Waals surface area contributed by atoms with Gasteiger partial charge in [0.2, 0.25) is 0 Å². The highest BCUT2D eigenvalue weighted by molar-refractivity contribution is 5.93. The molecule has 0 unspecified atom stereocenters. The van der Waals surface area contributed by atoms with Crippen LogP contribution >= 0.6 is 0 Å². The summed E-state index contributed by atoms with van der Waals surface area (Å²) in [4.78, 5) is 21.8. The number of esters is 1. The molecule has 0 saturated heterocycles. The monoisotopic (exact) mass is 249 g/mol. The smallest absolute Gasteiger partial charge is 0.333 e. The van der Waals surface area contributed by atoms with Crippen LogP contribution in [-0.4, -0.2) is 17.5 Å². The van der Waals surface area contributed by atoms with Gasteiger partial charge in [-0.05, 0) is 32.4 Å². The van der Waals surface area contributed by atoms with E-state index in [9.17, 15) is 14.9 Å². The van der Waals surface area contributed by atoms with Gasteiger partial charge in [0.15, 0.2) is 0 Å². The third kappa shape index (κ3) is 3.16. The Hall–Kier alpha value is -2.17. The average Bonchev–Trinajstić information content (AvgIpc) is 2.31. The second-order valence-corrected chi connectivity index (χ2v) is 3.80. The molecule has 0 bridgehead atoms. The summed E-state index contributed by atoms with van der Waals surface area (Å²) >= 11 is 0. The van der Waals surface area contributed by atoms with Crippen molar-refractivity contribution in [1.29, 1.82) is 0 Å². The van der Waals surface area contributed by atoms with Crippen LogP contribution in [0.2, 0.25) is 0 Å². The molecule has 0 atom stereocenters. The Balaban J connectivity index is 3.12. The number of carbonyl (C=O) groups excluding carboxylic acids is 1. The van der Waals surface area contributed by atoms with Crippen LogP contribution < -0.4 is 0 Å². The molecule has 0 N–H and O–H groups in total. The number of carbonyl (C=O) groups is 1. The molecule has 5 nitrogen and oxygen atoms in total. The Morgan fingerprint density at radius 1 is 1.50 bits per heavy atom. The van der Waals surface area contributed by atoms with E-state index in [0.717, 1.165) is 0 Å². The van der Waals surface area contributed by atoms with Crippen molar-refractivity contribution in [2.75, 3.05) is 6.61 Å². The van der Waals surface area contributed by atoms with Gasteiger partial charge in [0, 0.05) is 17.2 Å². The van der Waals surface area contributed by atoms with E-state index in [4.69, 9.17) is 4.74 Å². The zero-order valence-electron chi connectivity index (χ0n) is 10.6. The fraction of sp³-hybridized carbons (Fsp3) is 0.308. The summed E-state index contributed by atoms with van der Waals surface area (Å²) in [6, 6.07) is 4.76. The Morgan fingerprint density at radius 3 is 2.72 bits per heavy atom. The fourth-order valence-corrected chi connectivity index (χ4v) is 1.53. The summed E-state index contributed by atoms with van der Waals surface area (Å²) in [5.74, 6) is -0.414. The topological polar surface area (TPSA) is 69.4 Å². The van der Waals surface area contributed by atoms with E-state index in [1.807, 2.05) is 0 Å². The molecule has 96 valence electrons. The van der Waals surface area contributed by atoms with Gasteiger partial charge >= 0.3 is 5.97 Å². The zero-order valence-corrected chi connectivity index (χ0v) is 10.6. The van der Waals surface area contributed by atoms with Gasteiger partial charge in [0.1, 0.15) is 0 Å². The van der Waals surface area contributed by atoms with Crippen molar-refractivity contribution >= 4 is 17.7 Å². The molecule has 0 spiro atoms. The lowest BCUT2D eigenvalue weighted by molar-refractivity contribution is -0.385. The van der Waals surface area contributed by atoms with E-state index in [-0.39, 0.29) is 5.69 Å². The number of hydrogen-bond acceptors (Lipinski definition) is 4. The van der Waals surface area contributed by atoms with Crippen molar-refractivity contribution in [3.63, 3.8) is 0 Å². The summed E-state index contributed by atoms with van der Waals surface area (Å²) in [7, 11) is 0. The van der Waals surface area contributed by atoms with Crippen LogP contribution in [-0.2, 0) is 9.53 Å². The Morgan fingerprint density at radius 2 is 2.17 bits per heavy atom. The Bertz CT molecular complexity index is 506. The molecule has 0 saturated carbocycles. The minimum Gasteiger partial charge on any atom is -0.463 e. The molecule has 0 amide bonds. The van der Waals surface area contributed by atoms with Crippen LogP contribution in [0.3, 0.4) is 0 Å². The van der Waals surface area contributed by atoms with E-state index in [1.54, 1.807) is 39.0 Å². The lowest BCUT2D eigenvalue weighted by atomic mass is 10.0. The first-order chi connectivity index (χ1) is 8.47. The van der Waals surface area contributed by atoms with Crippen molar-refractivity contribution in [2.45, 2.75) is 20.8 Å². The summed E-state index contributed by atoms with van der Waals surface area (Å²) in [6.45, 7) is 5.31. The molecule has 0 aromatic heterocycles. The molecule has 0 fully saturated rings. The molecule has 0 radical (unpaired) electrons. The van der Waals surface area contributed by atoms with Crippen LogP contribution in [0.1, 0.15) is 25.0 Å². The summed E-state index contributed by atoms with van der Waals surface area (Å²) in [6.07, 6.45) is 1.60. The first-order valence-corrected chi connectivity index (χ1v) is 5.56. The molecular formula is C13H15NO4. The summed E-state index contributed by atoms with van der Waals surface area (Å²) in [5.41, 5.74) is 1.64. The van der Waals surface area contributed by atoms with Gasteiger partial charge in [-0.3, -0.25) is 10.1 Å². The molecule has 18 heavy (non-hydrogen) atoms. The van der Waals surface area contributed by atoms with E-state index >= 15 is 0 Å². The van der Waals surface area contributed by atoms with Crippen LogP contribution in [0.25, 0.3) is 6.08 Å². The second-order valence-electron chi connectivity index (χ2n) is 3.80. The van der Waals surface area contributed by atoms with E-state index in [0.29, 0.717) is 23.3 Å². The predicted octanol–water partition coefficient (Wildman–Crippen LogP) is 2.87. The van der Waals surface area contributed by atoms with Gasteiger partial charge in [-0.2, -0.15) is 0 Å². The summed E-state index contributed by atoms with van der Waals surface area (Å²) < 4.78 is 4.85. The molecular weight excluding hydrogens is 234 g/mol. The van der Waals surface area contributed by atoms with Crippen molar-refractivity contribution in [1.82, 2.24) is 0 Å². The molecule has 1 rings (SSSR count). The molecule has 0 aliphatic heterocycles. The lowest BCUT2D eigenvalue weighted by Gasteiger charge is -2.04. The largest absolute Gasteiger partial charge is 0.463 e. The molecule has 1 aromatic rings. The number of nitro benzene ring substituents is 1. The maximum absolute atomic E-state index is 11.5. The first-order valence-electron chi connectivity index (χ1n) is 5.56. The number of ether oxygens (including phenoxy) is 1. The molecule has 0 heterocycles. The van der Waals surface area contributed by atoms with Gasteiger partial charge in [0.25, 0.3) is 5.69 Å². The highest BCUT2D eigenvalue weighted by Crippen LogP contribution is 2.23. The normalized spacial score (nSPS) is 11.2.